The van der Waals surface area contributed by atoms with Crippen molar-refractivity contribution >= 4 is 33.5 Å². The Morgan fingerprint density at radius 2 is 1.69 bits per heavy atom. The summed E-state index contributed by atoms with van der Waals surface area (Å²) in [6.07, 6.45) is 1.68. The van der Waals surface area contributed by atoms with Crippen molar-refractivity contribution in [2.24, 2.45) is 5.92 Å². The molecule has 3 amide bonds. The molecule has 1 N–H and O–H groups in total. The highest BCUT2D eigenvalue weighted by atomic mass is 32.2. The maximum atomic E-state index is 13.4. The molecule has 10 nitrogen and oxygen atoms in total. The highest BCUT2D eigenvalue weighted by Gasteiger charge is 2.40. The zero-order valence-corrected chi connectivity index (χ0v) is 21.7. The van der Waals surface area contributed by atoms with Gasteiger partial charge in [0.1, 0.15) is 6.04 Å². The van der Waals surface area contributed by atoms with Crippen molar-refractivity contribution in [3.8, 4) is 0 Å². The van der Waals surface area contributed by atoms with E-state index in [1.807, 2.05) is 0 Å². The summed E-state index contributed by atoms with van der Waals surface area (Å²) in [7, 11) is -2.14. The molecule has 2 fully saturated rings. The Bertz CT molecular complexity index is 1070. The van der Waals surface area contributed by atoms with Crippen LogP contribution < -0.4 is 0 Å². The third kappa shape index (κ3) is 7.05. The van der Waals surface area contributed by atoms with E-state index in [-0.39, 0.29) is 36.6 Å². The quantitative estimate of drug-likeness (QED) is 0.516. The van der Waals surface area contributed by atoms with Crippen LogP contribution in [0.2, 0.25) is 0 Å². The summed E-state index contributed by atoms with van der Waals surface area (Å²) in [5.41, 5.74) is 0.578. The molecule has 1 aromatic rings. The Balaban J connectivity index is 1.75. The number of benzene rings is 1. The Morgan fingerprint density at radius 3 is 2.28 bits per heavy atom. The van der Waals surface area contributed by atoms with Gasteiger partial charge < -0.3 is 19.8 Å². The number of hydrogen-bond donors (Lipinski definition) is 1. The van der Waals surface area contributed by atoms with Gasteiger partial charge in [0.15, 0.2) is 9.84 Å². The third-order valence-electron chi connectivity index (χ3n) is 7.13. The fraction of sp³-hybridized carbons (Fsp3) is 0.600. The van der Waals surface area contributed by atoms with E-state index in [1.165, 1.54) is 11.8 Å². The molecule has 2 saturated heterocycles. The third-order valence-corrected chi connectivity index (χ3v) is 8.81. The van der Waals surface area contributed by atoms with Gasteiger partial charge in [-0.05, 0) is 31.2 Å². The SMILES string of the molecule is CC(=O)N1CCC(N(C)C(=O)C[C@@H](CS(=O)(=O)Cc2ccccc2)C(=O)N2CCC[C@H]2C(=O)O)CC1. The summed E-state index contributed by atoms with van der Waals surface area (Å²) in [6, 6.07) is 7.46. The van der Waals surface area contributed by atoms with Crippen molar-refractivity contribution < 1.29 is 32.7 Å². The minimum absolute atomic E-state index is 0.0182. The van der Waals surface area contributed by atoms with Crippen molar-refractivity contribution in [3.63, 3.8) is 0 Å². The van der Waals surface area contributed by atoms with E-state index in [2.05, 4.69) is 0 Å². The number of piperidine rings is 1. The Hall–Kier alpha value is -2.95. The largest absolute Gasteiger partial charge is 0.480 e. The van der Waals surface area contributed by atoms with Gasteiger partial charge in [0.05, 0.1) is 17.4 Å². The highest BCUT2D eigenvalue weighted by molar-refractivity contribution is 7.90. The molecular formula is C25H35N3O7S. The number of likely N-dealkylation sites (tertiary alicyclic amines) is 2. The highest BCUT2D eigenvalue weighted by Crippen LogP contribution is 2.25. The summed E-state index contributed by atoms with van der Waals surface area (Å²) in [5, 5.41) is 9.53. The van der Waals surface area contributed by atoms with Crippen molar-refractivity contribution in [2.45, 2.75) is 56.9 Å². The monoisotopic (exact) mass is 521 g/mol. The zero-order valence-electron chi connectivity index (χ0n) is 20.8. The summed E-state index contributed by atoms with van der Waals surface area (Å²) in [4.78, 5) is 54.4. The second-order valence-corrected chi connectivity index (χ2v) is 11.8. The number of amides is 3. The minimum atomic E-state index is -3.77. The first-order valence-electron chi connectivity index (χ1n) is 12.3. The van der Waals surface area contributed by atoms with Gasteiger partial charge in [-0.2, -0.15) is 0 Å². The predicted octanol–water partition coefficient (Wildman–Crippen LogP) is 1.15. The minimum Gasteiger partial charge on any atom is -0.480 e. The number of carbonyl (C=O) groups is 4. The molecule has 2 aliphatic rings. The van der Waals surface area contributed by atoms with Crippen LogP contribution in [0.25, 0.3) is 0 Å². The molecule has 0 aliphatic carbocycles. The van der Waals surface area contributed by atoms with Crippen LogP contribution >= 0.6 is 0 Å². The fourth-order valence-electron chi connectivity index (χ4n) is 5.06. The van der Waals surface area contributed by atoms with Crippen LogP contribution in [0.1, 0.15) is 44.6 Å². The Morgan fingerprint density at radius 1 is 1.06 bits per heavy atom. The number of sulfone groups is 1. The molecule has 2 aliphatic heterocycles. The molecule has 11 heteroatoms. The van der Waals surface area contributed by atoms with Gasteiger partial charge in [0, 0.05) is 46.1 Å². The molecular weight excluding hydrogens is 486 g/mol. The number of carboxylic acids is 1. The topological polar surface area (TPSA) is 132 Å². The lowest BCUT2D eigenvalue weighted by molar-refractivity contribution is -0.150. The Kier molecular flexibility index (Phi) is 9.10. The average Bonchev–Trinajstić information content (AvgIpc) is 3.33. The first kappa shape index (κ1) is 27.6. The van der Waals surface area contributed by atoms with Gasteiger partial charge >= 0.3 is 5.97 Å². The molecule has 36 heavy (non-hydrogen) atoms. The Labute approximate surface area is 212 Å². The van der Waals surface area contributed by atoms with E-state index in [4.69, 9.17) is 0 Å². The molecule has 0 aromatic heterocycles. The normalized spacial score (nSPS) is 19.7. The van der Waals surface area contributed by atoms with E-state index in [1.54, 1.807) is 47.2 Å². The molecule has 3 rings (SSSR count). The van der Waals surface area contributed by atoms with Crippen LogP contribution in [-0.4, -0.2) is 96.4 Å². The maximum Gasteiger partial charge on any atom is 0.326 e. The maximum absolute atomic E-state index is 13.4. The second kappa shape index (κ2) is 11.9. The summed E-state index contributed by atoms with van der Waals surface area (Å²) >= 11 is 0. The van der Waals surface area contributed by atoms with E-state index in [0.717, 1.165) is 0 Å². The summed E-state index contributed by atoms with van der Waals surface area (Å²) < 4.78 is 26.1. The van der Waals surface area contributed by atoms with Gasteiger partial charge in [-0.3, -0.25) is 14.4 Å². The molecule has 198 valence electrons. The average molecular weight is 522 g/mol. The van der Waals surface area contributed by atoms with E-state index < -0.39 is 39.4 Å². The molecule has 0 bridgehead atoms. The van der Waals surface area contributed by atoms with Crippen LogP contribution in [0.15, 0.2) is 30.3 Å². The van der Waals surface area contributed by atoms with Crippen molar-refractivity contribution in [2.75, 3.05) is 32.4 Å². The number of carboxylic acid groups (broad SMARTS) is 1. The van der Waals surface area contributed by atoms with Crippen molar-refractivity contribution in [1.29, 1.82) is 0 Å². The van der Waals surface area contributed by atoms with E-state index in [0.29, 0.717) is 44.3 Å². The summed E-state index contributed by atoms with van der Waals surface area (Å²) in [5.74, 6) is -4.10. The van der Waals surface area contributed by atoms with Crippen molar-refractivity contribution in [1.82, 2.24) is 14.7 Å². The molecule has 0 saturated carbocycles. The molecule has 0 spiro atoms. The number of nitrogens with zero attached hydrogens (tertiary/aromatic N) is 3. The van der Waals surface area contributed by atoms with Crippen LogP contribution in [0, 0.1) is 5.92 Å². The van der Waals surface area contributed by atoms with Crippen LogP contribution in [0.4, 0.5) is 0 Å². The first-order valence-corrected chi connectivity index (χ1v) is 14.1. The molecule has 0 unspecified atom stereocenters. The van der Waals surface area contributed by atoms with Gasteiger partial charge in [-0.15, -0.1) is 0 Å². The lowest BCUT2D eigenvalue weighted by Gasteiger charge is -2.37. The fourth-order valence-corrected chi connectivity index (χ4v) is 6.75. The van der Waals surface area contributed by atoms with Crippen LogP contribution in [0.3, 0.4) is 0 Å². The van der Waals surface area contributed by atoms with Crippen LogP contribution in [-0.2, 0) is 34.8 Å². The number of rotatable bonds is 9. The molecule has 0 radical (unpaired) electrons. The van der Waals surface area contributed by atoms with Gasteiger partial charge in [-0.25, -0.2) is 13.2 Å². The standard InChI is InChI=1S/C25H35N3O7S/c1-18(29)27-13-10-21(11-14-27)26(2)23(30)15-20(24(31)28-12-6-9-22(28)25(32)33)17-36(34,35)16-19-7-4-3-5-8-19/h3-5,7-8,20-22H,6,9-17H2,1-2H3,(H,32,33)/t20-,22-/m0/s1. The molecule has 2 heterocycles. The molecule has 2 atom stereocenters. The van der Waals surface area contributed by atoms with Crippen molar-refractivity contribution in [3.05, 3.63) is 35.9 Å². The first-order chi connectivity index (χ1) is 17.0. The van der Waals surface area contributed by atoms with E-state index in [9.17, 15) is 32.7 Å². The smallest absolute Gasteiger partial charge is 0.326 e. The van der Waals surface area contributed by atoms with Gasteiger partial charge in [0.25, 0.3) is 0 Å². The lowest BCUT2D eigenvalue weighted by Crippen LogP contribution is -2.49. The lowest BCUT2D eigenvalue weighted by atomic mass is 10.0. The molecule has 1 aromatic carbocycles. The number of aliphatic carboxylic acids is 1. The van der Waals surface area contributed by atoms with Gasteiger partial charge in [-0.1, -0.05) is 30.3 Å². The van der Waals surface area contributed by atoms with Crippen LogP contribution in [0.5, 0.6) is 0 Å². The van der Waals surface area contributed by atoms with Gasteiger partial charge in [0.2, 0.25) is 17.7 Å². The van der Waals surface area contributed by atoms with E-state index >= 15 is 0 Å². The second-order valence-electron chi connectivity index (χ2n) is 9.71. The number of carbonyl (C=O) groups excluding carboxylic acids is 3. The summed E-state index contributed by atoms with van der Waals surface area (Å²) in [6.45, 7) is 2.78. The number of hydrogen-bond acceptors (Lipinski definition) is 6. The predicted molar refractivity (Wildman–Crippen MR) is 132 cm³/mol. The zero-order chi connectivity index (χ0) is 26.5.